The number of allylic oxidation sites excluding steroid dienone is 2. The van der Waals surface area contributed by atoms with Gasteiger partial charge in [-0.2, -0.15) is 0 Å². The van der Waals surface area contributed by atoms with Crippen molar-refractivity contribution in [3.63, 3.8) is 0 Å². The van der Waals surface area contributed by atoms with Crippen molar-refractivity contribution >= 4 is 12.0 Å². The zero-order valence-corrected chi connectivity index (χ0v) is 10.0. The van der Waals surface area contributed by atoms with Crippen LogP contribution in [0.25, 0.3) is 6.08 Å². The molecule has 0 unspecified atom stereocenters. The van der Waals surface area contributed by atoms with E-state index in [-0.39, 0.29) is 29.6 Å². The summed E-state index contributed by atoms with van der Waals surface area (Å²) in [4.78, 5) is 9.98. The van der Waals surface area contributed by atoms with E-state index in [4.69, 9.17) is 0 Å². The van der Waals surface area contributed by atoms with Gasteiger partial charge in [-0.25, -0.2) is 0 Å². The molecular weight excluding hydrogens is 187 g/mol. The third kappa shape index (κ3) is 5.75. The summed E-state index contributed by atoms with van der Waals surface area (Å²) in [5.74, 6) is -1.18. The molecule has 0 aromatic heterocycles. The van der Waals surface area contributed by atoms with E-state index in [1.54, 1.807) is 6.08 Å². The van der Waals surface area contributed by atoms with Crippen molar-refractivity contribution in [3.8, 4) is 0 Å². The van der Waals surface area contributed by atoms with E-state index in [1.807, 2.05) is 36.4 Å². The summed E-state index contributed by atoms with van der Waals surface area (Å²) in [5, 5.41) is 9.98. The first-order valence-electron chi connectivity index (χ1n) is 3.90. The Balaban J connectivity index is 0.00000169. The molecule has 0 heterocycles. The number of aliphatic carboxylic acids is 1. The van der Waals surface area contributed by atoms with Crippen molar-refractivity contribution < 1.29 is 39.5 Å². The molecule has 14 heavy (non-hydrogen) atoms. The van der Waals surface area contributed by atoms with Crippen molar-refractivity contribution in [1.82, 2.24) is 0 Å². The van der Waals surface area contributed by atoms with E-state index >= 15 is 0 Å². The Morgan fingerprint density at radius 3 is 2.36 bits per heavy atom. The Morgan fingerprint density at radius 2 is 1.79 bits per heavy atom. The monoisotopic (exact) mass is 196 g/mol. The molecule has 0 saturated heterocycles. The number of carbonyl (C=O) groups is 1. The van der Waals surface area contributed by atoms with Crippen LogP contribution >= 0.6 is 0 Å². The number of carboxylic acids is 1. The second-order valence-electron chi connectivity index (χ2n) is 2.45. The maximum Gasteiger partial charge on any atom is 1.00 e. The minimum atomic E-state index is -1.18. The molecule has 0 spiro atoms. The Kier molecular flexibility index (Phi) is 7.11. The second-order valence-corrected chi connectivity index (χ2v) is 2.45. The minimum Gasteiger partial charge on any atom is -0.545 e. The molecule has 0 aliphatic rings. The van der Waals surface area contributed by atoms with Crippen LogP contribution in [0.3, 0.4) is 0 Å². The van der Waals surface area contributed by atoms with Gasteiger partial charge >= 0.3 is 29.6 Å². The molecule has 0 aliphatic heterocycles. The fourth-order valence-corrected chi connectivity index (χ4v) is 0.865. The van der Waals surface area contributed by atoms with E-state index in [0.717, 1.165) is 11.6 Å². The fourth-order valence-electron chi connectivity index (χ4n) is 0.865. The molecule has 0 amide bonds. The van der Waals surface area contributed by atoms with Crippen molar-refractivity contribution in [2.75, 3.05) is 0 Å². The zero-order chi connectivity index (χ0) is 9.52. The van der Waals surface area contributed by atoms with Gasteiger partial charge in [0.1, 0.15) is 0 Å². The third-order valence-corrected chi connectivity index (χ3v) is 1.43. The van der Waals surface area contributed by atoms with Crippen molar-refractivity contribution in [1.29, 1.82) is 0 Å². The topological polar surface area (TPSA) is 40.1 Å². The van der Waals surface area contributed by atoms with Crippen LogP contribution in [-0.2, 0) is 4.79 Å². The largest absolute Gasteiger partial charge is 1.00 e. The van der Waals surface area contributed by atoms with Crippen molar-refractivity contribution in [2.45, 2.75) is 0 Å². The molecule has 1 aromatic rings. The number of rotatable bonds is 3. The summed E-state index contributed by atoms with van der Waals surface area (Å²) in [6, 6.07) is 9.63. The third-order valence-electron chi connectivity index (χ3n) is 1.43. The van der Waals surface area contributed by atoms with Gasteiger partial charge in [-0.05, 0) is 11.6 Å². The Labute approximate surface area is 105 Å². The van der Waals surface area contributed by atoms with Gasteiger partial charge in [-0.15, -0.1) is 0 Å². The average Bonchev–Trinajstić information content (AvgIpc) is 2.14. The summed E-state index contributed by atoms with van der Waals surface area (Å²) >= 11 is 0. The fraction of sp³-hybridized carbons (Fsp3) is 0. The number of hydrogen-bond acceptors (Lipinski definition) is 2. The Morgan fingerprint density at radius 1 is 1.14 bits per heavy atom. The summed E-state index contributed by atoms with van der Waals surface area (Å²) in [5.41, 5.74) is 1.03. The molecule has 0 fully saturated rings. The molecule has 2 nitrogen and oxygen atoms in total. The molecular formula is C11H9NaO2. The molecule has 0 N–H and O–H groups in total. The minimum absolute atomic E-state index is 0. The van der Waals surface area contributed by atoms with Gasteiger partial charge in [0, 0.05) is 0 Å². The van der Waals surface area contributed by atoms with Crippen LogP contribution in [0.1, 0.15) is 5.56 Å². The first-order chi connectivity index (χ1) is 6.29. The van der Waals surface area contributed by atoms with Crippen LogP contribution in [0, 0.1) is 0 Å². The predicted octanol–water partition coefficient (Wildman–Crippen LogP) is -1.99. The van der Waals surface area contributed by atoms with Gasteiger partial charge < -0.3 is 9.90 Å². The molecule has 3 heteroatoms. The SMILES string of the molecule is O=C([O-])C=CC=Cc1ccccc1.[Na+]. The first kappa shape index (κ1) is 13.2. The van der Waals surface area contributed by atoms with E-state index < -0.39 is 5.97 Å². The molecule has 0 aliphatic carbocycles. The van der Waals surface area contributed by atoms with E-state index in [1.165, 1.54) is 6.08 Å². The number of carbonyl (C=O) groups excluding carboxylic acids is 1. The van der Waals surface area contributed by atoms with Crippen LogP contribution in [-0.4, -0.2) is 5.97 Å². The summed E-state index contributed by atoms with van der Waals surface area (Å²) in [6.45, 7) is 0. The van der Waals surface area contributed by atoms with Crippen molar-refractivity contribution in [2.24, 2.45) is 0 Å². The molecule has 0 atom stereocenters. The average molecular weight is 196 g/mol. The standard InChI is InChI=1S/C11H10O2.Na/c12-11(13)9-5-4-8-10-6-2-1-3-7-10;/h1-9H,(H,12,13);/q;+1/p-1. The molecule has 66 valence electrons. The summed E-state index contributed by atoms with van der Waals surface area (Å²) in [7, 11) is 0. The number of hydrogen-bond donors (Lipinski definition) is 0. The number of carboxylic acid groups (broad SMARTS) is 1. The van der Waals surface area contributed by atoms with Crippen LogP contribution in [0.2, 0.25) is 0 Å². The normalized spacial score (nSPS) is 10.3. The predicted molar refractivity (Wildman–Crippen MR) is 49.6 cm³/mol. The van der Waals surface area contributed by atoms with Crippen LogP contribution in [0.5, 0.6) is 0 Å². The Hall–Kier alpha value is -0.830. The Bertz CT molecular complexity index is 328. The van der Waals surface area contributed by atoms with Crippen LogP contribution in [0.4, 0.5) is 0 Å². The number of benzene rings is 1. The smallest absolute Gasteiger partial charge is 0.545 e. The van der Waals surface area contributed by atoms with Gasteiger partial charge in [0.2, 0.25) is 0 Å². The van der Waals surface area contributed by atoms with Crippen LogP contribution in [0.15, 0.2) is 48.6 Å². The van der Waals surface area contributed by atoms with Gasteiger partial charge in [0.05, 0.1) is 5.97 Å². The summed E-state index contributed by atoms with van der Waals surface area (Å²) in [6.07, 6.45) is 5.90. The van der Waals surface area contributed by atoms with Gasteiger partial charge in [-0.3, -0.25) is 0 Å². The molecule has 1 rings (SSSR count). The quantitative estimate of drug-likeness (QED) is 0.319. The van der Waals surface area contributed by atoms with E-state index in [2.05, 4.69) is 0 Å². The van der Waals surface area contributed by atoms with Gasteiger partial charge in [0.15, 0.2) is 0 Å². The van der Waals surface area contributed by atoms with E-state index in [0.29, 0.717) is 0 Å². The first-order valence-corrected chi connectivity index (χ1v) is 3.90. The molecule has 0 bridgehead atoms. The van der Waals surface area contributed by atoms with Gasteiger partial charge in [0.25, 0.3) is 0 Å². The maximum absolute atomic E-state index is 9.98. The summed E-state index contributed by atoms with van der Waals surface area (Å²) < 4.78 is 0. The van der Waals surface area contributed by atoms with Crippen molar-refractivity contribution in [3.05, 3.63) is 54.1 Å². The van der Waals surface area contributed by atoms with Crippen LogP contribution < -0.4 is 34.7 Å². The molecule has 0 saturated carbocycles. The van der Waals surface area contributed by atoms with E-state index in [9.17, 15) is 9.90 Å². The van der Waals surface area contributed by atoms with Gasteiger partial charge in [-0.1, -0.05) is 48.6 Å². The second kappa shape index (κ2) is 7.56. The maximum atomic E-state index is 9.98. The molecule has 0 radical (unpaired) electrons. The molecule has 1 aromatic carbocycles. The zero-order valence-electron chi connectivity index (χ0n) is 8.01.